The number of aryl methyl sites for hydroxylation is 1. The molecule has 1 aliphatic rings. The Morgan fingerprint density at radius 1 is 1.43 bits per heavy atom. The summed E-state index contributed by atoms with van der Waals surface area (Å²) in [5.74, 6) is -3.13. The van der Waals surface area contributed by atoms with Crippen molar-refractivity contribution in [2.24, 2.45) is 18.9 Å². The Kier molecular flexibility index (Phi) is 4.55. The lowest BCUT2D eigenvalue weighted by molar-refractivity contribution is -0.183. The molecule has 2 heterocycles. The van der Waals surface area contributed by atoms with Crippen LogP contribution in [0.25, 0.3) is 0 Å². The van der Waals surface area contributed by atoms with Crippen LogP contribution in [0.2, 0.25) is 0 Å². The molecule has 1 saturated heterocycles. The first kappa shape index (κ1) is 15.8. The molecule has 1 fully saturated rings. The van der Waals surface area contributed by atoms with Crippen LogP contribution in [0.3, 0.4) is 0 Å². The summed E-state index contributed by atoms with van der Waals surface area (Å²) in [5.41, 5.74) is 0.922. The van der Waals surface area contributed by atoms with E-state index in [1.54, 1.807) is 29.9 Å². The van der Waals surface area contributed by atoms with E-state index in [2.05, 4.69) is 10.4 Å². The van der Waals surface area contributed by atoms with Crippen molar-refractivity contribution >= 4 is 5.91 Å². The minimum absolute atomic E-state index is 0.122. The van der Waals surface area contributed by atoms with Crippen LogP contribution in [0.1, 0.15) is 5.69 Å². The molecular formula is C13H19F3N4O. The Hall–Kier alpha value is -1.57. The number of alkyl halides is 3. The van der Waals surface area contributed by atoms with E-state index in [1.165, 1.54) is 0 Å². The fourth-order valence-corrected chi connectivity index (χ4v) is 2.69. The molecule has 0 aromatic carbocycles. The third-order valence-electron chi connectivity index (χ3n) is 3.86. The van der Waals surface area contributed by atoms with Gasteiger partial charge in [0.15, 0.2) is 0 Å². The number of rotatable bonds is 4. The topological polar surface area (TPSA) is 50.2 Å². The molecule has 0 spiro atoms. The summed E-state index contributed by atoms with van der Waals surface area (Å²) in [7, 11) is 3.38. The number of likely N-dealkylation sites (tertiary alicyclic amines) is 1. The van der Waals surface area contributed by atoms with Crippen LogP contribution in [-0.4, -0.2) is 53.4 Å². The Bertz CT molecular complexity index is 500. The average Bonchev–Trinajstić information content (AvgIpc) is 2.95. The second-order valence-electron chi connectivity index (χ2n) is 5.46. The van der Waals surface area contributed by atoms with Gasteiger partial charge < -0.3 is 10.2 Å². The highest BCUT2D eigenvalue weighted by Gasteiger charge is 2.51. The molecule has 8 heteroatoms. The zero-order valence-corrected chi connectivity index (χ0v) is 12.0. The van der Waals surface area contributed by atoms with Gasteiger partial charge in [0.05, 0.1) is 11.8 Å². The van der Waals surface area contributed by atoms with Gasteiger partial charge in [-0.15, -0.1) is 0 Å². The second-order valence-corrected chi connectivity index (χ2v) is 5.46. The number of carbonyl (C=O) groups is 1. The zero-order valence-electron chi connectivity index (χ0n) is 12.0. The molecule has 5 nitrogen and oxygen atoms in total. The number of hydrogen-bond donors (Lipinski definition) is 1. The first-order valence-electron chi connectivity index (χ1n) is 6.79. The molecule has 0 aliphatic carbocycles. The third-order valence-corrected chi connectivity index (χ3v) is 3.86. The van der Waals surface area contributed by atoms with Gasteiger partial charge in [0.2, 0.25) is 5.91 Å². The Labute approximate surface area is 121 Å². The quantitative estimate of drug-likeness (QED) is 0.896. The first-order valence-corrected chi connectivity index (χ1v) is 6.79. The van der Waals surface area contributed by atoms with Crippen LogP contribution in [-0.2, 0) is 18.3 Å². The Balaban J connectivity index is 1.89. The smallest absolute Gasteiger partial charge is 0.355 e. The van der Waals surface area contributed by atoms with Crippen LogP contribution < -0.4 is 5.32 Å². The highest BCUT2D eigenvalue weighted by molar-refractivity contribution is 5.79. The predicted octanol–water partition coefficient (Wildman–Crippen LogP) is 0.819. The van der Waals surface area contributed by atoms with Crippen molar-refractivity contribution in [1.82, 2.24) is 20.0 Å². The van der Waals surface area contributed by atoms with Crippen LogP contribution in [0.4, 0.5) is 13.2 Å². The van der Waals surface area contributed by atoms with Gasteiger partial charge in [0.1, 0.15) is 0 Å². The lowest BCUT2D eigenvalue weighted by Gasteiger charge is -2.20. The number of nitrogens with one attached hydrogen (secondary N) is 1. The number of halogens is 3. The largest absolute Gasteiger partial charge is 0.393 e. The molecule has 2 rings (SSSR count). The SMILES string of the molecule is CN1C[C@@H](C(F)(F)F)[C@H](C(=O)NCCc2ccnn2C)C1. The zero-order chi connectivity index (χ0) is 15.6. The molecular weight excluding hydrogens is 285 g/mol. The molecule has 21 heavy (non-hydrogen) atoms. The molecule has 0 radical (unpaired) electrons. The Morgan fingerprint density at radius 3 is 2.71 bits per heavy atom. The van der Waals surface area contributed by atoms with E-state index in [0.717, 1.165) is 5.69 Å². The van der Waals surface area contributed by atoms with E-state index in [1.807, 2.05) is 6.07 Å². The van der Waals surface area contributed by atoms with E-state index in [0.29, 0.717) is 13.0 Å². The Morgan fingerprint density at radius 2 is 2.14 bits per heavy atom. The average molecular weight is 304 g/mol. The molecule has 1 N–H and O–H groups in total. The number of carbonyl (C=O) groups excluding carboxylic acids is 1. The second kappa shape index (κ2) is 6.05. The van der Waals surface area contributed by atoms with Crippen molar-refractivity contribution in [2.75, 3.05) is 26.7 Å². The van der Waals surface area contributed by atoms with E-state index in [-0.39, 0.29) is 13.1 Å². The highest BCUT2D eigenvalue weighted by Crippen LogP contribution is 2.37. The van der Waals surface area contributed by atoms with Gasteiger partial charge in [-0.2, -0.15) is 18.3 Å². The molecule has 1 aliphatic heterocycles. The summed E-state index contributed by atoms with van der Waals surface area (Å²) in [6.45, 7) is 0.328. The van der Waals surface area contributed by atoms with Gasteiger partial charge in [0, 0.05) is 45.0 Å². The maximum atomic E-state index is 12.9. The fraction of sp³-hybridized carbons (Fsp3) is 0.692. The van der Waals surface area contributed by atoms with Crippen molar-refractivity contribution in [3.8, 4) is 0 Å². The molecule has 2 atom stereocenters. The summed E-state index contributed by atoms with van der Waals surface area (Å²) in [6.07, 6.45) is -2.15. The van der Waals surface area contributed by atoms with Crippen molar-refractivity contribution in [2.45, 2.75) is 12.6 Å². The van der Waals surface area contributed by atoms with Crippen LogP contribution in [0.15, 0.2) is 12.3 Å². The normalized spacial score (nSPS) is 23.5. The van der Waals surface area contributed by atoms with Crippen molar-refractivity contribution in [1.29, 1.82) is 0 Å². The van der Waals surface area contributed by atoms with Crippen LogP contribution >= 0.6 is 0 Å². The number of aromatic nitrogens is 2. The van der Waals surface area contributed by atoms with Gasteiger partial charge in [-0.3, -0.25) is 9.48 Å². The van der Waals surface area contributed by atoms with Crippen LogP contribution in [0.5, 0.6) is 0 Å². The van der Waals surface area contributed by atoms with Crippen molar-refractivity contribution < 1.29 is 18.0 Å². The monoisotopic (exact) mass is 304 g/mol. The van der Waals surface area contributed by atoms with E-state index < -0.39 is 23.9 Å². The predicted molar refractivity (Wildman–Crippen MR) is 70.5 cm³/mol. The molecule has 0 unspecified atom stereocenters. The number of amides is 1. The lowest BCUT2D eigenvalue weighted by atomic mass is 9.94. The van der Waals surface area contributed by atoms with Crippen molar-refractivity contribution in [3.05, 3.63) is 18.0 Å². The molecule has 0 saturated carbocycles. The fourth-order valence-electron chi connectivity index (χ4n) is 2.69. The van der Waals surface area contributed by atoms with E-state index >= 15 is 0 Å². The standard InChI is InChI=1S/C13H19F3N4O/c1-19-7-10(11(8-19)13(14,15)16)12(21)17-5-3-9-4-6-18-20(9)2/h4,6,10-11H,3,5,7-8H2,1-2H3,(H,17,21)/t10-,11-/m1/s1. The van der Waals surface area contributed by atoms with Gasteiger partial charge in [-0.25, -0.2) is 0 Å². The minimum atomic E-state index is -4.34. The summed E-state index contributed by atoms with van der Waals surface area (Å²) in [4.78, 5) is 13.5. The molecule has 1 aromatic rings. The maximum Gasteiger partial charge on any atom is 0.393 e. The van der Waals surface area contributed by atoms with Crippen LogP contribution in [0, 0.1) is 11.8 Å². The third kappa shape index (κ3) is 3.75. The van der Waals surface area contributed by atoms with E-state index in [9.17, 15) is 18.0 Å². The molecule has 1 aromatic heterocycles. The highest BCUT2D eigenvalue weighted by atomic mass is 19.4. The van der Waals surface area contributed by atoms with Gasteiger partial charge in [-0.05, 0) is 13.1 Å². The summed E-state index contributed by atoms with van der Waals surface area (Å²) >= 11 is 0. The number of hydrogen-bond acceptors (Lipinski definition) is 3. The maximum absolute atomic E-state index is 12.9. The molecule has 118 valence electrons. The van der Waals surface area contributed by atoms with Gasteiger partial charge >= 0.3 is 6.18 Å². The first-order chi connectivity index (χ1) is 9.79. The van der Waals surface area contributed by atoms with Gasteiger partial charge in [-0.1, -0.05) is 0 Å². The molecule has 1 amide bonds. The van der Waals surface area contributed by atoms with Crippen molar-refractivity contribution in [3.63, 3.8) is 0 Å². The summed E-state index contributed by atoms with van der Waals surface area (Å²) < 4.78 is 40.4. The lowest BCUT2D eigenvalue weighted by Crippen LogP contribution is -2.40. The molecule has 0 bridgehead atoms. The minimum Gasteiger partial charge on any atom is -0.355 e. The number of nitrogens with zero attached hydrogens (tertiary/aromatic N) is 3. The summed E-state index contributed by atoms with van der Waals surface area (Å²) in [6, 6.07) is 1.81. The summed E-state index contributed by atoms with van der Waals surface area (Å²) in [5, 5.41) is 6.60. The van der Waals surface area contributed by atoms with E-state index in [4.69, 9.17) is 0 Å². The van der Waals surface area contributed by atoms with Gasteiger partial charge in [0.25, 0.3) is 0 Å².